The van der Waals surface area contributed by atoms with Gasteiger partial charge in [-0.05, 0) is 48.2 Å². The number of carbonyl (C=O) groups excluding carboxylic acids is 1. The quantitative estimate of drug-likeness (QED) is 0.562. The topological polar surface area (TPSA) is 45.7 Å². The van der Waals surface area contributed by atoms with E-state index in [9.17, 15) is 4.79 Å². The molecule has 32 heavy (non-hydrogen) atoms. The van der Waals surface area contributed by atoms with E-state index in [-0.39, 0.29) is 11.8 Å². The number of hydrogen-bond donors (Lipinski definition) is 0. The second-order valence-electron chi connectivity index (χ2n) is 8.30. The van der Waals surface area contributed by atoms with Gasteiger partial charge in [0.15, 0.2) is 0 Å². The monoisotopic (exact) mass is 429 g/mol. The number of pyridine rings is 1. The van der Waals surface area contributed by atoms with Crippen molar-refractivity contribution in [1.29, 1.82) is 0 Å². The number of ether oxygens (including phenoxy) is 1. The maximum atomic E-state index is 13.4. The van der Waals surface area contributed by atoms with Crippen LogP contribution in [0.2, 0.25) is 0 Å². The highest BCUT2D eigenvalue weighted by Gasteiger charge is 2.30. The van der Waals surface area contributed by atoms with Gasteiger partial charge in [-0.15, -0.1) is 0 Å². The summed E-state index contributed by atoms with van der Waals surface area (Å²) in [5.74, 6) is 1.04. The highest BCUT2D eigenvalue weighted by atomic mass is 16.5. The van der Waals surface area contributed by atoms with Gasteiger partial charge < -0.3 is 9.64 Å². The molecule has 1 fully saturated rings. The summed E-state index contributed by atoms with van der Waals surface area (Å²) in [6.45, 7) is 6.00. The summed E-state index contributed by atoms with van der Waals surface area (Å²) < 4.78 is 5.39. The molecule has 0 bridgehead atoms. The molecule has 2 aromatic carbocycles. The van der Waals surface area contributed by atoms with Gasteiger partial charge in [-0.1, -0.05) is 42.5 Å². The van der Waals surface area contributed by atoms with Gasteiger partial charge in [-0.2, -0.15) is 0 Å². The van der Waals surface area contributed by atoms with E-state index in [0.717, 1.165) is 56.0 Å². The average Bonchev–Trinajstić information content (AvgIpc) is 2.98. The van der Waals surface area contributed by atoms with Gasteiger partial charge in [-0.3, -0.25) is 14.7 Å². The van der Waals surface area contributed by atoms with Crippen molar-refractivity contribution in [3.05, 3.63) is 84.2 Å². The van der Waals surface area contributed by atoms with E-state index in [1.807, 2.05) is 35.4 Å². The normalized spacial score (nSPS) is 17.2. The molecule has 0 saturated carbocycles. The Morgan fingerprint density at radius 1 is 1.06 bits per heavy atom. The lowest BCUT2D eigenvalue weighted by atomic mass is 9.91. The smallest absolute Gasteiger partial charge is 0.227 e. The van der Waals surface area contributed by atoms with Crippen molar-refractivity contribution < 1.29 is 9.53 Å². The summed E-state index contributed by atoms with van der Waals surface area (Å²) in [7, 11) is 1.69. The summed E-state index contributed by atoms with van der Waals surface area (Å²) in [4.78, 5) is 22.1. The van der Waals surface area contributed by atoms with Crippen LogP contribution in [0, 0.1) is 5.92 Å². The second-order valence-corrected chi connectivity index (χ2v) is 8.30. The van der Waals surface area contributed by atoms with Crippen LogP contribution in [-0.4, -0.2) is 54.0 Å². The third kappa shape index (κ3) is 5.17. The zero-order valence-corrected chi connectivity index (χ0v) is 18.9. The fourth-order valence-corrected chi connectivity index (χ4v) is 4.52. The Bertz CT molecular complexity index is 1040. The summed E-state index contributed by atoms with van der Waals surface area (Å²) in [5.41, 5.74) is 4.64. The van der Waals surface area contributed by atoms with Crippen molar-refractivity contribution in [1.82, 2.24) is 14.8 Å². The second kappa shape index (κ2) is 10.4. The molecule has 1 aliphatic rings. The Kier molecular flexibility index (Phi) is 7.17. The van der Waals surface area contributed by atoms with Crippen molar-refractivity contribution >= 4 is 5.91 Å². The molecule has 0 radical (unpaired) electrons. The minimum atomic E-state index is -0.0825. The maximum Gasteiger partial charge on any atom is 0.227 e. The summed E-state index contributed by atoms with van der Waals surface area (Å²) >= 11 is 0. The number of nitrogens with zero attached hydrogens (tertiary/aromatic N) is 3. The van der Waals surface area contributed by atoms with E-state index in [4.69, 9.17) is 4.74 Å². The van der Waals surface area contributed by atoms with E-state index in [1.54, 1.807) is 13.3 Å². The summed E-state index contributed by atoms with van der Waals surface area (Å²) in [5, 5.41) is 0. The molecule has 2 heterocycles. The van der Waals surface area contributed by atoms with Crippen molar-refractivity contribution in [2.75, 3.05) is 33.3 Å². The SMILES string of the molecule is CCN1CCN(Cc2cccc(OC)c2)C[C@H](Cc2ccccc2-c2cccnc2)C1=O. The first-order valence-corrected chi connectivity index (χ1v) is 11.3. The van der Waals surface area contributed by atoms with Crippen LogP contribution in [0.3, 0.4) is 0 Å². The molecular formula is C27H31N3O2. The molecule has 166 valence electrons. The fraction of sp³-hybridized carbons (Fsp3) is 0.333. The van der Waals surface area contributed by atoms with Crippen LogP contribution in [0.4, 0.5) is 0 Å². The predicted octanol–water partition coefficient (Wildman–Crippen LogP) is 4.28. The van der Waals surface area contributed by atoms with Gasteiger partial charge in [-0.25, -0.2) is 0 Å². The molecular weight excluding hydrogens is 398 g/mol. The number of aromatic nitrogens is 1. The van der Waals surface area contributed by atoms with Gasteiger partial charge in [0.05, 0.1) is 13.0 Å². The molecule has 0 spiro atoms. The van der Waals surface area contributed by atoms with Crippen LogP contribution in [0.25, 0.3) is 11.1 Å². The largest absolute Gasteiger partial charge is 0.497 e. The maximum absolute atomic E-state index is 13.4. The van der Waals surface area contributed by atoms with Gasteiger partial charge in [0.1, 0.15) is 5.75 Å². The first-order chi connectivity index (χ1) is 15.7. The van der Waals surface area contributed by atoms with Crippen LogP contribution < -0.4 is 4.74 Å². The summed E-state index contributed by atoms with van der Waals surface area (Å²) in [6, 6.07) is 20.6. The zero-order chi connectivity index (χ0) is 22.3. The first-order valence-electron chi connectivity index (χ1n) is 11.3. The molecule has 5 heteroatoms. The third-order valence-electron chi connectivity index (χ3n) is 6.20. The Hall–Kier alpha value is -3.18. The predicted molar refractivity (Wildman–Crippen MR) is 127 cm³/mol. The average molecular weight is 430 g/mol. The number of rotatable bonds is 7. The molecule has 4 rings (SSSR count). The van der Waals surface area contributed by atoms with Crippen molar-refractivity contribution in [3.8, 4) is 16.9 Å². The number of benzene rings is 2. The Morgan fingerprint density at radius 2 is 1.94 bits per heavy atom. The minimum Gasteiger partial charge on any atom is -0.497 e. The minimum absolute atomic E-state index is 0.0825. The van der Waals surface area contributed by atoms with E-state index in [2.05, 4.69) is 53.2 Å². The molecule has 3 aromatic rings. The van der Waals surface area contributed by atoms with Crippen LogP contribution >= 0.6 is 0 Å². The first kappa shape index (κ1) is 22.0. The lowest BCUT2D eigenvalue weighted by Gasteiger charge is -2.24. The van der Waals surface area contributed by atoms with Gasteiger partial charge in [0.25, 0.3) is 0 Å². The summed E-state index contributed by atoms with van der Waals surface area (Å²) in [6.07, 6.45) is 4.40. The van der Waals surface area contributed by atoms with Crippen LogP contribution in [0.15, 0.2) is 73.1 Å². The van der Waals surface area contributed by atoms with Crippen LogP contribution in [-0.2, 0) is 17.8 Å². The van der Waals surface area contributed by atoms with E-state index >= 15 is 0 Å². The lowest BCUT2D eigenvalue weighted by Crippen LogP contribution is -2.37. The molecule has 1 aliphatic heterocycles. The lowest BCUT2D eigenvalue weighted by molar-refractivity contribution is -0.134. The molecule has 1 atom stereocenters. The molecule has 1 aromatic heterocycles. The van der Waals surface area contributed by atoms with Crippen molar-refractivity contribution in [2.24, 2.45) is 5.92 Å². The van der Waals surface area contributed by atoms with Gasteiger partial charge in [0.2, 0.25) is 5.91 Å². The van der Waals surface area contributed by atoms with Crippen molar-refractivity contribution in [2.45, 2.75) is 19.9 Å². The molecule has 0 unspecified atom stereocenters. The van der Waals surface area contributed by atoms with Crippen LogP contribution in [0.1, 0.15) is 18.1 Å². The molecule has 0 aliphatic carbocycles. The molecule has 5 nitrogen and oxygen atoms in total. The van der Waals surface area contributed by atoms with E-state index < -0.39 is 0 Å². The molecule has 0 N–H and O–H groups in total. The number of hydrogen-bond acceptors (Lipinski definition) is 4. The highest BCUT2D eigenvalue weighted by Crippen LogP contribution is 2.27. The number of amides is 1. The van der Waals surface area contributed by atoms with E-state index in [1.165, 1.54) is 11.1 Å². The standard InChI is InChI=1S/C27H31N3O2/c1-3-30-15-14-29(19-21-8-6-11-25(16-21)32-2)20-24(27(30)31)17-22-9-4-5-12-26(22)23-10-7-13-28-18-23/h4-13,16,18,24H,3,14-15,17,19-20H2,1-2H3/t24-/m0/s1. The number of carbonyl (C=O) groups is 1. The zero-order valence-electron chi connectivity index (χ0n) is 18.9. The molecule has 1 saturated heterocycles. The highest BCUT2D eigenvalue weighted by molar-refractivity contribution is 5.80. The van der Waals surface area contributed by atoms with E-state index in [0.29, 0.717) is 0 Å². The Balaban J connectivity index is 1.58. The Labute approximate surface area is 190 Å². The van der Waals surface area contributed by atoms with Gasteiger partial charge in [0, 0.05) is 50.7 Å². The fourth-order valence-electron chi connectivity index (χ4n) is 4.52. The number of methoxy groups -OCH3 is 1. The number of likely N-dealkylation sites (N-methyl/N-ethyl adjacent to an activating group) is 1. The van der Waals surface area contributed by atoms with Gasteiger partial charge >= 0.3 is 0 Å². The molecule has 1 amide bonds. The third-order valence-corrected chi connectivity index (χ3v) is 6.20. The Morgan fingerprint density at radius 3 is 2.72 bits per heavy atom. The van der Waals surface area contributed by atoms with Crippen LogP contribution in [0.5, 0.6) is 5.75 Å². The van der Waals surface area contributed by atoms with Crippen molar-refractivity contribution in [3.63, 3.8) is 0 Å².